The van der Waals surface area contributed by atoms with Gasteiger partial charge >= 0.3 is 7.82 Å². The Morgan fingerprint density at radius 2 is 2.13 bits per heavy atom. The van der Waals surface area contributed by atoms with E-state index < -0.39 is 7.82 Å². The topological polar surface area (TPSA) is 156 Å². The minimum Gasteiger partial charge on any atom is -0.383 e. The summed E-state index contributed by atoms with van der Waals surface area (Å²) in [5, 5.41) is -0.0913. The predicted octanol–water partition coefficient (Wildman–Crippen LogP) is 2.75. The van der Waals surface area contributed by atoms with Crippen molar-refractivity contribution in [1.29, 1.82) is 0 Å². The number of nitrogens with two attached hydrogens (primary N) is 1. The lowest BCUT2D eigenvalue weighted by Gasteiger charge is -2.22. The standard InChI is InChI=1S/C18H29N4O6PS/c1-5-6-12(2)18(24)30-16(7-8-28-29(25,26)27)13(3)22(11-23)10-15-9-20-14(4)21-17(15)19/h9,11-12H,5-8,10H2,1-4H3,(H2,19,20,21)(H2,25,26,27)/b16-13-. The molecule has 0 aromatic carbocycles. The fourth-order valence-corrected chi connectivity index (χ4v) is 3.89. The lowest BCUT2D eigenvalue weighted by atomic mass is 10.1. The molecule has 0 spiro atoms. The predicted molar refractivity (Wildman–Crippen MR) is 115 cm³/mol. The summed E-state index contributed by atoms with van der Waals surface area (Å²) in [6, 6.07) is 0. The average Bonchev–Trinajstić information content (AvgIpc) is 2.65. The maximum atomic E-state index is 12.6. The molecule has 1 unspecified atom stereocenters. The van der Waals surface area contributed by atoms with Gasteiger partial charge in [0.05, 0.1) is 13.2 Å². The first-order valence-electron chi connectivity index (χ1n) is 9.39. The molecular weight excluding hydrogens is 431 g/mol. The Morgan fingerprint density at radius 3 is 2.67 bits per heavy atom. The van der Waals surface area contributed by atoms with Crippen molar-refractivity contribution < 1.29 is 28.5 Å². The second-order valence-electron chi connectivity index (χ2n) is 6.75. The Labute approximate surface area is 180 Å². The molecule has 168 valence electrons. The van der Waals surface area contributed by atoms with E-state index in [0.717, 1.165) is 18.2 Å². The number of aromatic nitrogens is 2. The number of carbonyl (C=O) groups is 2. The molecule has 0 saturated carbocycles. The van der Waals surface area contributed by atoms with E-state index in [-0.39, 0.29) is 36.4 Å². The summed E-state index contributed by atoms with van der Waals surface area (Å²) in [6.45, 7) is 6.93. The van der Waals surface area contributed by atoms with Gasteiger partial charge < -0.3 is 20.4 Å². The average molecular weight is 460 g/mol. The van der Waals surface area contributed by atoms with E-state index in [1.165, 1.54) is 11.1 Å². The number of allylic oxidation sites excluding steroid dienone is 1. The number of carbonyl (C=O) groups excluding carboxylic acids is 2. The zero-order valence-corrected chi connectivity index (χ0v) is 19.3. The van der Waals surface area contributed by atoms with Crippen LogP contribution in [0.3, 0.4) is 0 Å². The first-order chi connectivity index (χ1) is 14.0. The third-order valence-electron chi connectivity index (χ3n) is 4.26. The molecule has 1 aromatic heterocycles. The number of nitrogens with zero attached hydrogens (tertiary/aromatic N) is 3. The molecule has 0 aliphatic rings. The van der Waals surface area contributed by atoms with Crippen LogP contribution in [0.4, 0.5) is 5.82 Å². The van der Waals surface area contributed by atoms with Gasteiger partial charge in [-0.1, -0.05) is 32.0 Å². The van der Waals surface area contributed by atoms with Crippen LogP contribution in [0.15, 0.2) is 16.8 Å². The second kappa shape index (κ2) is 12.2. The van der Waals surface area contributed by atoms with Gasteiger partial charge in [0.2, 0.25) is 6.41 Å². The van der Waals surface area contributed by atoms with E-state index in [4.69, 9.17) is 15.5 Å². The Bertz CT molecular complexity index is 829. The molecule has 1 aromatic rings. The molecule has 0 bridgehead atoms. The largest absolute Gasteiger partial charge is 0.469 e. The SMILES string of the molecule is CCCC(C)C(=O)S/C(CCOP(=O)(O)O)=C(/C)N(C=O)Cc1cnc(C)nc1N. The minimum absolute atomic E-state index is 0.0520. The normalized spacial score (nSPS) is 13.5. The molecule has 1 heterocycles. The summed E-state index contributed by atoms with van der Waals surface area (Å²) in [5.74, 6) is 0.549. The van der Waals surface area contributed by atoms with Gasteiger partial charge in [-0.15, -0.1) is 0 Å². The van der Waals surface area contributed by atoms with Gasteiger partial charge in [-0.2, -0.15) is 0 Å². The van der Waals surface area contributed by atoms with Crippen molar-refractivity contribution in [2.24, 2.45) is 5.92 Å². The van der Waals surface area contributed by atoms with Crippen molar-refractivity contribution in [1.82, 2.24) is 14.9 Å². The molecule has 10 nitrogen and oxygen atoms in total. The lowest BCUT2D eigenvalue weighted by Crippen LogP contribution is -2.22. The number of amides is 1. The zero-order chi connectivity index (χ0) is 22.9. The monoisotopic (exact) mass is 460 g/mol. The number of rotatable bonds is 12. The van der Waals surface area contributed by atoms with Gasteiger partial charge in [-0.25, -0.2) is 14.5 Å². The Kier molecular flexibility index (Phi) is 10.6. The molecular formula is C18H29N4O6PS. The summed E-state index contributed by atoms with van der Waals surface area (Å²) in [6.07, 6.45) is 3.74. The fourth-order valence-electron chi connectivity index (χ4n) is 2.55. The Morgan fingerprint density at radius 1 is 1.47 bits per heavy atom. The molecule has 1 atom stereocenters. The highest BCUT2D eigenvalue weighted by Crippen LogP contribution is 2.37. The number of phosphoric ester groups is 1. The smallest absolute Gasteiger partial charge is 0.383 e. The third-order valence-corrected chi connectivity index (χ3v) is 6.13. The summed E-state index contributed by atoms with van der Waals surface area (Å²) >= 11 is 0.957. The molecule has 0 radical (unpaired) electrons. The molecule has 0 aliphatic carbocycles. The third kappa shape index (κ3) is 8.93. The summed E-state index contributed by atoms with van der Waals surface area (Å²) in [4.78, 5) is 52.1. The van der Waals surface area contributed by atoms with Gasteiger partial charge in [-0.3, -0.25) is 14.1 Å². The van der Waals surface area contributed by atoms with Crippen molar-refractivity contribution >= 4 is 36.9 Å². The number of nitrogen functional groups attached to an aromatic ring is 1. The quantitative estimate of drug-likeness (QED) is 0.313. The van der Waals surface area contributed by atoms with E-state index in [1.807, 2.05) is 13.8 Å². The lowest BCUT2D eigenvalue weighted by molar-refractivity contribution is -0.117. The number of hydrogen-bond acceptors (Lipinski definition) is 8. The van der Waals surface area contributed by atoms with Crippen LogP contribution in [-0.4, -0.2) is 42.8 Å². The zero-order valence-electron chi connectivity index (χ0n) is 17.6. The van der Waals surface area contributed by atoms with Crippen LogP contribution in [0, 0.1) is 12.8 Å². The number of phosphoric acid groups is 1. The Hall–Kier alpha value is -1.78. The van der Waals surface area contributed by atoms with E-state index in [1.54, 1.807) is 13.8 Å². The molecule has 0 aliphatic heterocycles. The fraction of sp³-hybridized carbons (Fsp3) is 0.556. The minimum atomic E-state index is -4.65. The van der Waals surface area contributed by atoms with Crippen LogP contribution in [0.1, 0.15) is 51.4 Å². The number of hydrogen-bond donors (Lipinski definition) is 3. The maximum absolute atomic E-state index is 12.6. The van der Waals surface area contributed by atoms with Crippen LogP contribution >= 0.6 is 19.6 Å². The second-order valence-corrected chi connectivity index (χ2v) is 9.09. The van der Waals surface area contributed by atoms with Gasteiger partial charge in [0.15, 0.2) is 5.12 Å². The Balaban J connectivity index is 3.13. The number of thioether (sulfide) groups is 1. The van der Waals surface area contributed by atoms with Crippen LogP contribution in [0.5, 0.6) is 0 Å². The van der Waals surface area contributed by atoms with E-state index in [0.29, 0.717) is 34.8 Å². The van der Waals surface area contributed by atoms with Crippen LogP contribution in [-0.2, 0) is 25.2 Å². The van der Waals surface area contributed by atoms with E-state index >= 15 is 0 Å². The number of anilines is 1. The van der Waals surface area contributed by atoms with Crippen LogP contribution in [0.2, 0.25) is 0 Å². The van der Waals surface area contributed by atoms with Crippen LogP contribution in [0.25, 0.3) is 0 Å². The molecule has 30 heavy (non-hydrogen) atoms. The van der Waals surface area contributed by atoms with Crippen molar-refractivity contribution in [3.05, 3.63) is 28.2 Å². The molecule has 1 rings (SSSR count). The van der Waals surface area contributed by atoms with Gasteiger partial charge in [0, 0.05) is 34.7 Å². The van der Waals surface area contributed by atoms with Gasteiger partial charge in [-0.05, 0) is 20.3 Å². The maximum Gasteiger partial charge on any atom is 0.469 e. The van der Waals surface area contributed by atoms with E-state index in [9.17, 15) is 14.2 Å². The molecule has 0 saturated heterocycles. The highest BCUT2D eigenvalue weighted by molar-refractivity contribution is 8.17. The van der Waals surface area contributed by atoms with Gasteiger partial charge in [0.1, 0.15) is 11.6 Å². The highest BCUT2D eigenvalue weighted by atomic mass is 32.2. The summed E-state index contributed by atoms with van der Waals surface area (Å²) in [5.41, 5.74) is 6.90. The van der Waals surface area contributed by atoms with Crippen molar-refractivity contribution in [2.75, 3.05) is 12.3 Å². The highest BCUT2D eigenvalue weighted by Gasteiger charge is 2.21. The van der Waals surface area contributed by atoms with Crippen molar-refractivity contribution in [3.63, 3.8) is 0 Å². The molecule has 12 heteroatoms. The summed E-state index contributed by atoms with van der Waals surface area (Å²) < 4.78 is 15.5. The van der Waals surface area contributed by atoms with Crippen molar-refractivity contribution in [2.45, 2.75) is 53.5 Å². The first-order valence-corrected chi connectivity index (χ1v) is 11.7. The molecule has 1 amide bonds. The van der Waals surface area contributed by atoms with Crippen molar-refractivity contribution in [3.8, 4) is 0 Å². The first kappa shape index (κ1) is 26.3. The summed E-state index contributed by atoms with van der Waals surface area (Å²) in [7, 11) is -4.65. The molecule has 0 fully saturated rings. The number of aryl methyl sites for hydroxylation is 1. The molecule has 4 N–H and O–H groups in total. The van der Waals surface area contributed by atoms with Gasteiger partial charge in [0.25, 0.3) is 0 Å². The van der Waals surface area contributed by atoms with Crippen LogP contribution < -0.4 is 5.73 Å². The van der Waals surface area contributed by atoms with E-state index in [2.05, 4.69) is 14.5 Å².